The van der Waals surface area contributed by atoms with Crippen LogP contribution in [-0.4, -0.2) is 38.1 Å². The average Bonchev–Trinajstić information content (AvgIpc) is 3.11. The van der Waals surface area contributed by atoms with Crippen LogP contribution in [0, 0.1) is 6.92 Å². The van der Waals surface area contributed by atoms with Gasteiger partial charge in [0.1, 0.15) is 0 Å². The molecule has 0 spiro atoms. The number of carbonyl (C=O) groups is 2. The van der Waals surface area contributed by atoms with Gasteiger partial charge in [-0.2, -0.15) is 0 Å². The Morgan fingerprint density at radius 1 is 1.33 bits per heavy atom. The fourth-order valence-corrected chi connectivity index (χ4v) is 3.41. The second-order valence-corrected chi connectivity index (χ2v) is 6.94. The van der Waals surface area contributed by atoms with Crippen molar-refractivity contribution in [3.05, 3.63) is 56.5 Å². The summed E-state index contributed by atoms with van der Waals surface area (Å²) in [6.07, 6.45) is 2.07. The highest BCUT2D eigenvalue weighted by Gasteiger charge is 2.10. The normalized spacial score (nSPS) is 10.9. The number of fused-ring (bicyclic) bond motifs is 1. The van der Waals surface area contributed by atoms with Gasteiger partial charge in [0, 0.05) is 31.3 Å². The third kappa shape index (κ3) is 4.37. The minimum absolute atomic E-state index is 0.0137. The molecule has 0 aliphatic carbocycles. The Hall–Kier alpha value is -3.07. The zero-order valence-electron chi connectivity index (χ0n) is 14.6. The Morgan fingerprint density at radius 3 is 2.89 bits per heavy atom. The van der Waals surface area contributed by atoms with Gasteiger partial charge in [0.05, 0.1) is 22.2 Å². The molecule has 0 atom stereocenters. The lowest BCUT2D eigenvalue weighted by Crippen LogP contribution is -2.29. The topological polar surface area (TPSA) is 114 Å². The number of amides is 1. The number of hydrogen-bond acceptors (Lipinski definition) is 6. The van der Waals surface area contributed by atoms with Gasteiger partial charge in [-0.1, -0.05) is 12.1 Å². The molecule has 0 saturated carbocycles. The number of aryl methyl sites for hydroxylation is 2. The Kier molecular flexibility index (Phi) is 5.60. The summed E-state index contributed by atoms with van der Waals surface area (Å²) in [7, 11) is 0. The maximum Gasteiger partial charge on any atom is 0.355 e. The maximum atomic E-state index is 12.5. The molecule has 2 N–H and O–H groups in total. The van der Waals surface area contributed by atoms with Gasteiger partial charge in [-0.15, -0.1) is 11.3 Å². The minimum Gasteiger partial charge on any atom is -0.476 e. The van der Waals surface area contributed by atoms with Crippen LogP contribution in [0.3, 0.4) is 0 Å². The smallest absolute Gasteiger partial charge is 0.355 e. The lowest BCUT2D eigenvalue weighted by molar-refractivity contribution is -0.121. The number of carbonyl (C=O) groups excluding carboxylic acids is 1. The van der Waals surface area contributed by atoms with Gasteiger partial charge in [-0.25, -0.2) is 14.8 Å². The van der Waals surface area contributed by atoms with E-state index in [0.717, 1.165) is 5.56 Å². The monoisotopic (exact) mass is 386 g/mol. The van der Waals surface area contributed by atoms with E-state index in [1.54, 1.807) is 6.07 Å². The first-order valence-electron chi connectivity index (χ1n) is 8.35. The van der Waals surface area contributed by atoms with Crippen molar-refractivity contribution in [2.75, 3.05) is 6.54 Å². The molecule has 3 aromatic rings. The summed E-state index contributed by atoms with van der Waals surface area (Å²) >= 11 is 1.25. The van der Waals surface area contributed by atoms with Gasteiger partial charge >= 0.3 is 5.97 Å². The van der Waals surface area contributed by atoms with E-state index in [1.165, 1.54) is 27.6 Å². The number of nitrogens with one attached hydrogen (secondary N) is 1. The number of rotatable bonds is 7. The number of nitrogens with zero attached hydrogens (tertiary/aromatic N) is 3. The number of para-hydroxylation sites is 1. The van der Waals surface area contributed by atoms with Crippen LogP contribution in [0.25, 0.3) is 10.9 Å². The van der Waals surface area contributed by atoms with E-state index in [9.17, 15) is 14.4 Å². The van der Waals surface area contributed by atoms with Crippen LogP contribution in [0.2, 0.25) is 0 Å². The molecule has 0 unspecified atom stereocenters. The summed E-state index contributed by atoms with van der Waals surface area (Å²) in [5.41, 5.74) is 1.45. The summed E-state index contributed by atoms with van der Waals surface area (Å²) < 4.78 is 1.43. The van der Waals surface area contributed by atoms with Crippen molar-refractivity contribution in [3.63, 3.8) is 0 Å². The summed E-state index contributed by atoms with van der Waals surface area (Å²) in [4.78, 5) is 43.5. The van der Waals surface area contributed by atoms with Crippen molar-refractivity contribution >= 4 is 34.1 Å². The van der Waals surface area contributed by atoms with E-state index in [0.29, 0.717) is 28.9 Å². The van der Waals surface area contributed by atoms with Crippen LogP contribution in [0.1, 0.15) is 27.5 Å². The van der Waals surface area contributed by atoms with E-state index in [2.05, 4.69) is 15.3 Å². The molecule has 1 amide bonds. The number of aromatic nitrogens is 3. The number of benzene rings is 1. The van der Waals surface area contributed by atoms with Gasteiger partial charge in [-0.05, 0) is 18.6 Å². The zero-order valence-corrected chi connectivity index (χ0v) is 15.5. The number of thiazole rings is 1. The van der Waals surface area contributed by atoms with Crippen molar-refractivity contribution in [1.29, 1.82) is 0 Å². The lowest BCUT2D eigenvalue weighted by atomic mass is 10.1. The summed E-state index contributed by atoms with van der Waals surface area (Å²) in [5.74, 6) is -1.26. The highest BCUT2D eigenvalue weighted by molar-refractivity contribution is 7.09. The fourth-order valence-electron chi connectivity index (χ4n) is 2.64. The van der Waals surface area contributed by atoms with Crippen LogP contribution in [0.4, 0.5) is 0 Å². The molecule has 0 saturated heterocycles. The van der Waals surface area contributed by atoms with Crippen LogP contribution in [-0.2, 0) is 17.8 Å². The molecule has 27 heavy (non-hydrogen) atoms. The Morgan fingerprint density at radius 2 is 2.15 bits per heavy atom. The number of hydrogen-bond donors (Lipinski definition) is 2. The second-order valence-electron chi connectivity index (χ2n) is 6.00. The predicted octanol–water partition coefficient (Wildman–Crippen LogP) is 1.61. The Labute approximate surface area is 158 Å². The first-order chi connectivity index (χ1) is 13.0. The lowest BCUT2D eigenvalue weighted by Gasteiger charge is -2.08. The molecule has 8 nitrogen and oxygen atoms in total. The van der Waals surface area contributed by atoms with E-state index in [4.69, 9.17) is 5.11 Å². The fraction of sp³-hybridized carbons (Fsp3) is 0.278. The molecule has 9 heteroatoms. The second kappa shape index (κ2) is 8.09. The first kappa shape index (κ1) is 18.7. The third-order valence-corrected chi connectivity index (χ3v) is 4.98. The van der Waals surface area contributed by atoms with Crippen molar-refractivity contribution in [1.82, 2.24) is 19.9 Å². The number of carboxylic acids is 1. The highest BCUT2D eigenvalue weighted by atomic mass is 32.1. The molecule has 0 aliphatic heterocycles. The molecule has 2 aromatic heterocycles. The molecule has 0 fully saturated rings. The summed E-state index contributed by atoms with van der Waals surface area (Å²) in [6.45, 7) is 2.49. The van der Waals surface area contributed by atoms with E-state index < -0.39 is 5.97 Å². The number of carboxylic acid groups (broad SMARTS) is 1. The van der Waals surface area contributed by atoms with Crippen molar-refractivity contribution in [2.45, 2.75) is 26.3 Å². The Balaban J connectivity index is 1.53. The molecule has 2 heterocycles. The van der Waals surface area contributed by atoms with Crippen molar-refractivity contribution < 1.29 is 14.7 Å². The van der Waals surface area contributed by atoms with Gasteiger partial charge in [0.15, 0.2) is 5.69 Å². The molecule has 140 valence electrons. The molecule has 1 aromatic carbocycles. The maximum absolute atomic E-state index is 12.5. The largest absolute Gasteiger partial charge is 0.476 e. The van der Waals surface area contributed by atoms with E-state index in [1.807, 2.05) is 19.1 Å². The van der Waals surface area contributed by atoms with Gasteiger partial charge in [-0.3, -0.25) is 14.2 Å². The standard InChI is InChI=1S/C18H18N4O4S/c1-11-3-2-4-12-16(11)20-10-22(17(12)24)8-6-14(23)19-7-5-15-21-13(9-27-15)18(25)26/h2-4,9-10H,5-8H2,1H3,(H,19,23)(H,25,26). The van der Waals surface area contributed by atoms with Gasteiger partial charge in [0.25, 0.3) is 5.56 Å². The average molecular weight is 386 g/mol. The quantitative estimate of drug-likeness (QED) is 0.638. The summed E-state index contributed by atoms with van der Waals surface area (Å²) in [6, 6.07) is 5.44. The van der Waals surface area contributed by atoms with Crippen LogP contribution < -0.4 is 10.9 Å². The molecule has 0 radical (unpaired) electrons. The van der Waals surface area contributed by atoms with Crippen molar-refractivity contribution in [2.24, 2.45) is 0 Å². The molecule has 0 bridgehead atoms. The van der Waals surface area contributed by atoms with E-state index >= 15 is 0 Å². The van der Waals surface area contributed by atoms with Crippen molar-refractivity contribution in [3.8, 4) is 0 Å². The minimum atomic E-state index is -1.06. The van der Waals surface area contributed by atoms with Crippen LogP contribution in [0.5, 0.6) is 0 Å². The first-order valence-corrected chi connectivity index (χ1v) is 9.23. The molecular formula is C18H18N4O4S. The SMILES string of the molecule is Cc1cccc2c(=O)n(CCC(=O)NCCc3nc(C(=O)O)cs3)cnc12. The molecule has 3 rings (SSSR count). The van der Waals surface area contributed by atoms with Gasteiger partial charge in [0.2, 0.25) is 5.91 Å². The third-order valence-electron chi connectivity index (χ3n) is 4.07. The van der Waals surface area contributed by atoms with E-state index in [-0.39, 0.29) is 30.1 Å². The van der Waals surface area contributed by atoms with Gasteiger partial charge < -0.3 is 10.4 Å². The summed E-state index contributed by atoms with van der Waals surface area (Å²) in [5, 5.41) is 14.2. The molecular weight excluding hydrogens is 368 g/mol. The van der Waals surface area contributed by atoms with Crippen LogP contribution >= 0.6 is 11.3 Å². The highest BCUT2D eigenvalue weighted by Crippen LogP contribution is 2.11. The number of aromatic carboxylic acids is 1. The Bertz CT molecular complexity index is 1060. The predicted molar refractivity (Wildman–Crippen MR) is 101 cm³/mol. The zero-order chi connectivity index (χ0) is 19.4. The van der Waals surface area contributed by atoms with Crippen LogP contribution in [0.15, 0.2) is 34.7 Å². The molecule has 0 aliphatic rings.